The van der Waals surface area contributed by atoms with Gasteiger partial charge >= 0.3 is 0 Å². The van der Waals surface area contributed by atoms with Crippen LogP contribution in [0, 0.1) is 0 Å². The van der Waals surface area contributed by atoms with Crippen molar-refractivity contribution in [2.45, 2.75) is 6.42 Å². The number of nitrogens with zero attached hydrogens (tertiary/aromatic N) is 2. The Morgan fingerprint density at radius 3 is 2.56 bits per heavy atom. The maximum absolute atomic E-state index is 13.0. The zero-order valence-electron chi connectivity index (χ0n) is 13.9. The summed E-state index contributed by atoms with van der Waals surface area (Å²) < 4.78 is 0. The molecule has 0 unspecified atom stereocenters. The van der Waals surface area contributed by atoms with Crippen molar-refractivity contribution in [3.05, 3.63) is 72.4 Å². The standard InChI is InChI=1S/C21H19N3O/c22-20-11-8-15(14-23-20)16-9-10-19(18-7-3-2-6-17(16)18)21(25)24-12-4-1-5-13-24/h1-4,6-11,14H,5,12-13H2,(H2,22,23). The summed E-state index contributed by atoms with van der Waals surface area (Å²) in [5.74, 6) is 0.584. The van der Waals surface area contributed by atoms with Gasteiger partial charge in [0.1, 0.15) is 5.82 Å². The molecule has 4 heteroatoms. The predicted octanol–water partition coefficient (Wildman–Crippen LogP) is 3.89. The average Bonchev–Trinajstić information content (AvgIpc) is 2.68. The van der Waals surface area contributed by atoms with Gasteiger partial charge in [0, 0.05) is 30.4 Å². The van der Waals surface area contributed by atoms with Crippen LogP contribution in [-0.4, -0.2) is 28.9 Å². The molecule has 0 radical (unpaired) electrons. The largest absolute Gasteiger partial charge is 0.384 e. The van der Waals surface area contributed by atoms with Gasteiger partial charge in [0.15, 0.2) is 0 Å². The number of fused-ring (bicyclic) bond motifs is 1. The molecule has 0 saturated carbocycles. The van der Waals surface area contributed by atoms with Gasteiger partial charge in [-0.25, -0.2) is 4.98 Å². The molecule has 2 heterocycles. The van der Waals surface area contributed by atoms with Crippen LogP contribution in [-0.2, 0) is 0 Å². The summed E-state index contributed by atoms with van der Waals surface area (Å²) in [5, 5.41) is 2.02. The molecule has 0 saturated heterocycles. The van der Waals surface area contributed by atoms with Gasteiger partial charge < -0.3 is 10.6 Å². The summed E-state index contributed by atoms with van der Waals surface area (Å²) in [6, 6.07) is 15.7. The van der Waals surface area contributed by atoms with E-state index in [9.17, 15) is 4.79 Å². The summed E-state index contributed by atoms with van der Waals surface area (Å²) in [7, 11) is 0. The van der Waals surface area contributed by atoms with Crippen molar-refractivity contribution in [3.63, 3.8) is 0 Å². The predicted molar refractivity (Wildman–Crippen MR) is 101 cm³/mol. The topological polar surface area (TPSA) is 59.2 Å². The number of pyridine rings is 1. The Hall–Kier alpha value is -3.14. The molecule has 1 amide bonds. The fourth-order valence-electron chi connectivity index (χ4n) is 3.30. The molecule has 2 N–H and O–H groups in total. The number of nitrogen functional groups attached to an aromatic ring is 1. The van der Waals surface area contributed by atoms with Crippen LogP contribution >= 0.6 is 0 Å². The van der Waals surface area contributed by atoms with E-state index in [1.54, 1.807) is 12.3 Å². The van der Waals surface area contributed by atoms with Gasteiger partial charge in [-0.15, -0.1) is 0 Å². The first-order valence-electron chi connectivity index (χ1n) is 8.42. The number of nitrogens with two attached hydrogens (primary N) is 1. The molecule has 1 aliphatic heterocycles. The van der Waals surface area contributed by atoms with Crippen molar-refractivity contribution < 1.29 is 4.79 Å². The molecule has 0 fully saturated rings. The van der Waals surface area contributed by atoms with Gasteiger partial charge in [-0.3, -0.25) is 4.79 Å². The van der Waals surface area contributed by atoms with Gasteiger partial charge in [0.2, 0.25) is 0 Å². The third kappa shape index (κ3) is 2.87. The van der Waals surface area contributed by atoms with Gasteiger partial charge in [-0.1, -0.05) is 42.5 Å². The van der Waals surface area contributed by atoms with E-state index in [1.807, 2.05) is 47.4 Å². The maximum Gasteiger partial charge on any atom is 0.254 e. The lowest BCUT2D eigenvalue weighted by Crippen LogP contribution is -2.33. The summed E-state index contributed by atoms with van der Waals surface area (Å²) in [6.45, 7) is 1.45. The second-order valence-electron chi connectivity index (χ2n) is 6.19. The first-order valence-corrected chi connectivity index (χ1v) is 8.42. The van der Waals surface area contributed by atoms with Crippen molar-refractivity contribution in [1.82, 2.24) is 9.88 Å². The number of anilines is 1. The van der Waals surface area contributed by atoms with Crippen molar-refractivity contribution in [1.29, 1.82) is 0 Å². The first kappa shape index (κ1) is 15.4. The highest BCUT2D eigenvalue weighted by Gasteiger charge is 2.19. The first-order chi connectivity index (χ1) is 12.2. The molecular formula is C21H19N3O. The molecule has 4 nitrogen and oxygen atoms in total. The maximum atomic E-state index is 13.0. The number of hydrogen-bond acceptors (Lipinski definition) is 3. The number of carbonyl (C=O) groups excluding carboxylic acids is 1. The van der Waals surface area contributed by atoms with Crippen LogP contribution in [0.2, 0.25) is 0 Å². The van der Waals surface area contributed by atoms with Crippen LogP contribution in [0.4, 0.5) is 5.82 Å². The summed E-state index contributed by atoms with van der Waals surface area (Å²) in [6.07, 6.45) is 6.87. The van der Waals surface area contributed by atoms with Crippen molar-refractivity contribution in [2.75, 3.05) is 18.8 Å². The molecule has 1 aromatic heterocycles. The van der Waals surface area contributed by atoms with Crippen molar-refractivity contribution in [2.24, 2.45) is 0 Å². The molecule has 4 rings (SSSR count). The fourth-order valence-corrected chi connectivity index (χ4v) is 3.30. The Morgan fingerprint density at radius 1 is 1.00 bits per heavy atom. The van der Waals surface area contributed by atoms with Crippen LogP contribution < -0.4 is 5.73 Å². The van der Waals surface area contributed by atoms with Crippen molar-refractivity contribution >= 4 is 22.5 Å². The average molecular weight is 329 g/mol. The normalized spacial score (nSPS) is 14.0. The molecule has 3 aromatic rings. The molecule has 0 atom stereocenters. The lowest BCUT2D eigenvalue weighted by Gasteiger charge is -2.24. The SMILES string of the molecule is Nc1ccc(-c2ccc(C(=O)N3CC=CCC3)c3ccccc23)cn1. The highest BCUT2D eigenvalue weighted by atomic mass is 16.2. The van der Waals surface area contributed by atoms with E-state index in [-0.39, 0.29) is 5.91 Å². The molecule has 1 aliphatic rings. The third-order valence-electron chi connectivity index (χ3n) is 4.60. The van der Waals surface area contributed by atoms with Crippen LogP contribution in [0.25, 0.3) is 21.9 Å². The van der Waals surface area contributed by atoms with Crippen molar-refractivity contribution in [3.8, 4) is 11.1 Å². The van der Waals surface area contributed by atoms with E-state index in [0.29, 0.717) is 12.4 Å². The third-order valence-corrected chi connectivity index (χ3v) is 4.60. The monoisotopic (exact) mass is 329 g/mol. The van der Waals surface area contributed by atoms with E-state index in [4.69, 9.17) is 5.73 Å². The van der Waals surface area contributed by atoms with E-state index >= 15 is 0 Å². The number of benzene rings is 2. The summed E-state index contributed by atoms with van der Waals surface area (Å²) in [4.78, 5) is 19.1. The second kappa shape index (κ2) is 6.40. The minimum absolute atomic E-state index is 0.0857. The van der Waals surface area contributed by atoms with Crippen LogP contribution in [0.5, 0.6) is 0 Å². The highest BCUT2D eigenvalue weighted by molar-refractivity contribution is 6.11. The summed E-state index contributed by atoms with van der Waals surface area (Å²) in [5.41, 5.74) is 8.49. The molecular weight excluding hydrogens is 310 g/mol. The van der Waals surface area contributed by atoms with E-state index in [0.717, 1.165) is 40.4 Å². The zero-order chi connectivity index (χ0) is 17.2. The van der Waals surface area contributed by atoms with Crippen LogP contribution in [0.15, 0.2) is 66.9 Å². The Morgan fingerprint density at radius 2 is 1.84 bits per heavy atom. The minimum Gasteiger partial charge on any atom is -0.384 e. The smallest absolute Gasteiger partial charge is 0.254 e. The molecule has 2 aromatic carbocycles. The molecule has 25 heavy (non-hydrogen) atoms. The highest BCUT2D eigenvalue weighted by Crippen LogP contribution is 2.31. The molecule has 0 spiro atoms. The number of aromatic nitrogens is 1. The number of hydrogen-bond donors (Lipinski definition) is 1. The van der Waals surface area contributed by atoms with Crippen LogP contribution in [0.3, 0.4) is 0 Å². The van der Waals surface area contributed by atoms with Gasteiger partial charge in [0.05, 0.1) is 0 Å². The van der Waals surface area contributed by atoms with Gasteiger partial charge in [-0.2, -0.15) is 0 Å². The Bertz CT molecular complexity index is 961. The molecule has 124 valence electrons. The summed E-state index contributed by atoms with van der Waals surface area (Å²) >= 11 is 0. The van der Waals surface area contributed by atoms with E-state index in [2.05, 4.69) is 17.1 Å². The van der Waals surface area contributed by atoms with Gasteiger partial charge in [-0.05, 0) is 41.0 Å². The van der Waals surface area contributed by atoms with E-state index in [1.165, 1.54) is 0 Å². The quantitative estimate of drug-likeness (QED) is 0.726. The van der Waals surface area contributed by atoms with Crippen LogP contribution in [0.1, 0.15) is 16.8 Å². The Labute approximate surface area is 146 Å². The van der Waals surface area contributed by atoms with E-state index < -0.39 is 0 Å². The Balaban J connectivity index is 1.83. The lowest BCUT2D eigenvalue weighted by atomic mass is 9.95. The number of amides is 1. The minimum atomic E-state index is 0.0857. The second-order valence-corrected chi connectivity index (χ2v) is 6.19. The number of carbonyl (C=O) groups is 1. The molecule has 0 bridgehead atoms. The number of rotatable bonds is 2. The van der Waals surface area contributed by atoms with Gasteiger partial charge in [0.25, 0.3) is 5.91 Å². The fraction of sp³-hybridized carbons (Fsp3) is 0.143. The lowest BCUT2D eigenvalue weighted by molar-refractivity contribution is 0.0773. The molecule has 0 aliphatic carbocycles. The Kier molecular flexibility index (Phi) is 3.94. The zero-order valence-corrected chi connectivity index (χ0v) is 13.9.